The van der Waals surface area contributed by atoms with Crippen LogP contribution in [0, 0.1) is 0 Å². The summed E-state index contributed by atoms with van der Waals surface area (Å²) in [4.78, 5) is 11.8. The molecule has 0 fully saturated rings. The van der Waals surface area contributed by atoms with Crippen molar-refractivity contribution in [3.05, 3.63) is 59.6 Å². The summed E-state index contributed by atoms with van der Waals surface area (Å²) in [6.45, 7) is 0.00745. The number of para-hydroxylation sites is 1. The quantitative estimate of drug-likeness (QED) is 0.850. The molecule has 0 spiro atoms. The monoisotopic (exact) mass is 338 g/mol. The predicted octanol–water partition coefficient (Wildman–Crippen LogP) is 2.65. The van der Waals surface area contributed by atoms with E-state index < -0.39 is 10.0 Å². The molecule has 0 saturated carbocycles. The Bertz CT molecular complexity index is 748. The molecule has 2 aromatic rings. The summed E-state index contributed by atoms with van der Waals surface area (Å²) in [5.74, 6) is -0.264. The number of benzene rings is 2. The van der Waals surface area contributed by atoms with Crippen molar-refractivity contribution in [3.8, 4) is 0 Å². The first kappa shape index (κ1) is 16.5. The fourth-order valence-corrected chi connectivity index (χ4v) is 3.09. The number of rotatable bonds is 6. The Kier molecular flexibility index (Phi) is 5.54. The minimum absolute atomic E-state index is 0.00745. The summed E-state index contributed by atoms with van der Waals surface area (Å²) < 4.78 is 26.4. The minimum Gasteiger partial charge on any atom is -0.326 e. The van der Waals surface area contributed by atoms with Crippen LogP contribution in [0.3, 0.4) is 0 Å². The SMILES string of the molecule is O=C(CCNS(=O)(=O)c1cccc(Cl)c1)Nc1ccccc1. The zero-order valence-corrected chi connectivity index (χ0v) is 13.2. The lowest BCUT2D eigenvalue weighted by Crippen LogP contribution is -2.27. The maximum atomic E-state index is 12.0. The summed E-state index contributed by atoms with van der Waals surface area (Å²) >= 11 is 5.77. The number of amides is 1. The minimum atomic E-state index is -3.67. The molecule has 22 heavy (non-hydrogen) atoms. The van der Waals surface area contributed by atoms with Crippen molar-refractivity contribution in [3.63, 3.8) is 0 Å². The van der Waals surface area contributed by atoms with E-state index in [4.69, 9.17) is 11.6 Å². The molecule has 0 atom stereocenters. The number of anilines is 1. The Labute approximate surface area is 134 Å². The Morgan fingerprint density at radius 1 is 1.05 bits per heavy atom. The highest BCUT2D eigenvalue weighted by Crippen LogP contribution is 2.15. The Balaban J connectivity index is 1.86. The first-order chi connectivity index (χ1) is 10.5. The van der Waals surface area contributed by atoms with Gasteiger partial charge in [-0.05, 0) is 30.3 Å². The van der Waals surface area contributed by atoms with Crippen LogP contribution >= 0.6 is 11.6 Å². The van der Waals surface area contributed by atoms with E-state index in [-0.39, 0.29) is 23.8 Å². The highest BCUT2D eigenvalue weighted by Gasteiger charge is 2.14. The van der Waals surface area contributed by atoms with E-state index in [9.17, 15) is 13.2 Å². The molecule has 5 nitrogen and oxygen atoms in total. The molecule has 0 aromatic heterocycles. The number of carbonyl (C=O) groups is 1. The van der Waals surface area contributed by atoms with Crippen LogP contribution in [-0.4, -0.2) is 20.9 Å². The van der Waals surface area contributed by atoms with Crippen LogP contribution in [0.25, 0.3) is 0 Å². The van der Waals surface area contributed by atoms with Gasteiger partial charge >= 0.3 is 0 Å². The van der Waals surface area contributed by atoms with Gasteiger partial charge in [-0.1, -0.05) is 35.9 Å². The first-order valence-electron chi connectivity index (χ1n) is 6.57. The van der Waals surface area contributed by atoms with Gasteiger partial charge in [-0.2, -0.15) is 0 Å². The fourth-order valence-electron chi connectivity index (χ4n) is 1.76. The molecule has 116 valence electrons. The predicted molar refractivity (Wildman–Crippen MR) is 86.3 cm³/mol. The van der Waals surface area contributed by atoms with Gasteiger partial charge in [0.25, 0.3) is 0 Å². The molecule has 0 heterocycles. The maximum Gasteiger partial charge on any atom is 0.240 e. The van der Waals surface area contributed by atoms with Gasteiger partial charge in [-0.3, -0.25) is 4.79 Å². The summed E-state index contributed by atoms with van der Waals surface area (Å²) in [7, 11) is -3.67. The molecule has 0 aliphatic carbocycles. The van der Waals surface area contributed by atoms with Crippen molar-refractivity contribution in [2.24, 2.45) is 0 Å². The Hall–Kier alpha value is -1.89. The van der Waals surface area contributed by atoms with Crippen LogP contribution in [-0.2, 0) is 14.8 Å². The summed E-state index contributed by atoms with van der Waals surface area (Å²) in [5.41, 5.74) is 0.671. The summed E-state index contributed by atoms with van der Waals surface area (Å²) in [6, 6.07) is 14.9. The van der Waals surface area contributed by atoms with E-state index in [0.717, 1.165) is 0 Å². The smallest absolute Gasteiger partial charge is 0.240 e. The summed E-state index contributed by atoms with van der Waals surface area (Å²) in [5, 5.41) is 3.02. The van der Waals surface area contributed by atoms with Crippen LogP contribution in [0.2, 0.25) is 5.02 Å². The zero-order chi connectivity index (χ0) is 16.0. The highest BCUT2D eigenvalue weighted by atomic mass is 35.5. The second-order valence-corrected chi connectivity index (χ2v) is 6.72. The molecular formula is C15H15ClN2O3S. The third-order valence-corrected chi connectivity index (χ3v) is 4.50. The van der Waals surface area contributed by atoms with Crippen molar-refractivity contribution in [1.29, 1.82) is 0 Å². The molecule has 0 aliphatic heterocycles. The average molecular weight is 339 g/mol. The van der Waals surface area contributed by atoms with Crippen LogP contribution < -0.4 is 10.0 Å². The van der Waals surface area contributed by atoms with Gasteiger partial charge in [-0.15, -0.1) is 0 Å². The lowest BCUT2D eigenvalue weighted by Gasteiger charge is -2.08. The number of hydrogen-bond donors (Lipinski definition) is 2. The molecule has 7 heteroatoms. The maximum absolute atomic E-state index is 12.0. The second kappa shape index (κ2) is 7.40. The Morgan fingerprint density at radius 2 is 1.77 bits per heavy atom. The molecule has 2 N–H and O–H groups in total. The van der Waals surface area contributed by atoms with E-state index >= 15 is 0 Å². The van der Waals surface area contributed by atoms with Gasteiger partial charge in [0, 0.05) is 23.7 Å². The normalized spacial score (nSPS) is 11.1. The zero-order valence-electron chi connectivity index (χ0n) is 11.6. The average Bonchev–Trinajstić information content (AvgIpc) is 2.48. The molecule has 0 saturated heterocycles. The van der Waals surface area contributed by atoms with Gasteiger partial charge in [0.2, 0.25) is 15.9 Å². The van der Waals surface area contributed by atoms with Crippen LogP contribution in [0.4, 0.5) is 5.69 Å². The summed E-state index contributed by atoms with van der Waals surface area (Å²) in [6.07, 6.45) is 0.0364. The highest BCUT2D eigenvalue weighted by molar-refractivity contribution is 7.89. The molecule has 2 aromatic carbocycles. The number of sulfonamides is 1. The van der Waals surface area contributed by atoms with Crippen molar-refractivity contribution in [2.75, 3.05) is 11.9 Å². The lowest BCUT2D eigenvalue weighted by molar-refractivity contribution is -0.116. The molecule has 0 radical (unpaired) electrons. The second-order valence-electron chi connectivity index (χ2n) is 4.52. The third-order valence-electron chi connectivity index (χ3n) is 2.81. The standard InChI is InChI=1S/C15H15ClN2O3S/c16-12-5-4-8-14(11-12)22(20,21)17-10-9-15(19)18-13-6-2-1-3-7-13/h1-8,11,17H,9-10H2,(H,18,19). The molecular weight excluding hydrogens is 324 g/mol. The van der Waals surface area contributed by atoms with Crippen LogP contribution in [0.1, 0.15) is 6.42 Å². The van der Waals surface area contributed by atoms with Crippen LogP contribution in [0.5, 0.6) is 0 Å². The number of carbonyl (C=O) groups excluding carboxylic acids is 1. The van der Waals surface area contributed by atoms with E-state index in [0.29, 0.717) is 10.7 Å². The largest absolute Gasteiger partial charge is 0.326 e. The molecule has 2 rings (SSSR count). The van der Waals surface area contributed by atoms with Crippen molar-refractivity contribution in [1.82, 2.24) is 4.72 Å². The molecule has 0 aliphatic rings. The van der Waals surface area contributed by atoms with E-state index in [2.05, 4.69) is 10.0 Å². The van der Waals surface area contributed by atoms with Gasteiger partial charge in [-0.25, -0.2) is 13.1 Å². The van der Waals surface area contributed by atoms with Gasteiger partial charge in [0.1, 0.15) is 0 Å². The van der Waals surface area contributed by atoms with Crippen molar-refractivity contribution < 1.29 is 13.2 Å². The van der Waals surface area contributed by atoms with Crippen molar-refractivity contribution in [2.45, 2.75) is 11.3 Å². The van der Waals surface area contributed by atoms with Gasteiger partial charge < -0.3 is 5.32 Å². The lowest BCUT2D eigenvalue weighted by atomic mass is 10.3. The number of hydrogen-bond acceptors (Lipinski definition) is 3. The van der Waals surface area contributed by atoms with Gasteiger partial charge in [0.05, 0.1) is 4.90 Å². The van der Waals surface area contributed by atoms with E-state index in [1.54, 1.807) is 36.4 Å². The third kappa shape index (κ3) is 4.84. The fraction of sp³-hybridized carbons (Fsp3) is 0.133. The van der Waals surface area contributed by atoms with E-state index in [1.165, 1.54) is 12.1 Å². The van der Waals surface area contributed by atoms with Gasteiger partial charge in [0.15, 0.2) is 0 Å². The van der Waals surface area contributed by atoms with Crippen molar-refractivity contribution >= 4 is 33.2 Å². The molecule has 1 amide bonds. The molecule has 0 bridgehead atoms. The number of nitrogens with one attached hydrogen (secondary N) is 2. The van der Waals surface area contributed by atoms with Crippen LogP contribution in [0.15, 0.2) is 59.5 Å². The topological polar surface area (TPSA) is 75.3 Å². The number of halogens is 1. The Morgan fingerprint density at radius 3 is 2.45 bits per heavy atom. The first-order valence-corrected chi connectivity index (χ1v) is 8.43. The van der Waals surface area contributed by atoms with E-state index in [1.807, 2.05) is 6.07 Å². The molecule has 0 unspecified atom stereocenters.